The smallest absolute Gasteiger partial charge is 0.225 e. The van der Waals surface area contributed by atoms with Gasteiger partial charge in [-0.15, -0.1) is 0 Å². The maximum atomic E-state index is 4.83. The number of nitrogens with one attached hydrogen (secondary N) is 1. The number of benzene rings is 1. The molecule has 1 N–H and O–H groups in total. The molecule has 1 aromatic carbocycles. The van der Waals surface area contributed by atoms with E-state index in [1.165, 1.54) is 31.2 Å². The topological polar surface area (TPSA) is 41.1 Å². The van der Waals surface area contributed by atoms with E-state index in [-0.39, 0.29) is 0 Å². The summed E-state index contributed by atoms with van der Waals surface area (Å²) in [6.45, 7) is 3.15. The molecule has 2 aromatic rings. The minimum Gasteiger partial charge on any atom is -0.351 e. The molecule has 2 aliphatic heterocycles. The zero-order valence-electron chi connectivity index (χ0n) is 13.5. The van der Waals surface area contributed by atoms with Gasteiger partial charge >= 0.3 is 0 Å². The summed E-state index contributed by atoms with van der Waals surface area (Å²) in [6, 6.07) is 12.2. The van der Waals surface area contributed by atoms with E-state index in [9.17, 15) is 0 Å². The highest BCUT2D eigenvalue weighted by molar-refractivity contribution is 5.53. The van der Waals surface area contributed by atoms with E-state index in [1.807, 2.05) is 0 Å². The van der Waals surface area contributed by atoms with E-state index >= 15 is 0 Å². The average molecular weight is 306 g/mol. The molecule has 2 bridgehead atoms. The van der Waals surface area contributed by atoms with E-state index in [0.29, 0.717) is 18.0 Å². The third-order valence-corrected chi connectivity index (χ3v) is 5.42. The van der Waals surface area contributed by atoms with Crippen molar-refractivity contribution in [3.63, 3.8) is 0 Å². The van der Waals surface area contributed by atoms with Gasteiger partial charge in [0.2, 0.25) is 5.95 Å². The van der Waals surface area contributed by atoms with E-state index in [0.717, 1.165) is 24.0 Å². The second-order valence-corrected chi connectivity index (χ2v) is 7.18. The van der Waals surface area contributed by atoms with Gasteiger partial charge in [-0.25, -0.2) is 4.98 Å². The number of aryl methyl sites for hydroxylation is 1. The second-order valence-electron chi connectivity index (χ2n) is 7.18. The van der Waals surface area contributed by atoms with Crippen molar-refractivity contribution in [3.05, 3.63) is 47.2 Å². The van der Waals surface area contributed by atoms with Gasteiger partial charge in [0.15, 0.2) is 0 Å². The molecule has 23 heavy (non-hydrogen) atoms. The first-order valence-electron chi connectivity index (χ1n) is 8.75. The van der Waals surface area contributed by atoms with Crippen molar-refractivity contribution < 1.29 is 0 Å². The Labute approximate surface area is 137 Å². The zero-order valence-corrected chi connectivity index (χ0v) is 13.5. The number of hydrogen-bond acceptors (Lipinski definition) is 4. The van der Waals surface area contributed by atoms with Crippen LogP contribution in [0.2, 0.25) is 0 Å². The van der Waals surface area contributed by atoms with Crippen LogP contribution in [0, 0.1) is 6.92 Å². The first-order chi connectivity index (χ1) is 11.3. The molecule has 2 fully saturated rings. The molecule has 4 nitrogen and oxygen atoms in total. The van der Waals surface area contributed by atoms with Gasteiger partial charge in [-0.05, 0) is 43.7 Å². The van der Waals surface area contributed by atoms with Crippen LogP contribution in [0.25, 0.3) is 0 Å². The molecule has 2 aliphatic carbocycles. The van der Waals surface area contributed by atoms with Gasteiger partial charge in [0.05, 0.1) is 6.04 Å². The molecule has 1 saturated carbocycles. The van der Waals surface area contributed by atoms with Gasteiger partial charge in [0.1, 0.15) is 5.82 Å². The lowest BCUT2D eigenvalue weighted by atomic mass is 9.75. The summed E-state index contributed by atoms with van der Waals surface area (Å²) in [5.41, 5.74) is 4.11. The maximum Gasteiger partial charge on any atom is 0.225 e. The largest absolute Gasteiger partial charge is 0.351 e. The summed E-state index contributed by atoms with van der Waals surface area (Å²) in [6.07, 6.45) is 5.02. The highest BCUT2D eigenvalue weighted by Crippen LogP contribution is 2.47. The predicted octanol–water partition coefficient (Wildman–Crippen LogP) is 3.80. The van der Waals surface area contributed by atoms with Gasteiger partial charge in [0.25, 0.3) is 0 Å². The van der Waals surface area contributed by atoms with Gasteiger partial charge in [-0.3, -0.25) is 0 Å². The minimum atomic E-state index is 0.472. The molecule has 3 heterocycles. The fourth-order valence-electron chi connectivity index (χ4n) is 4.16. The number of fused-ring (bicyclic) bond motifs is 2. The fraction of sp³-hybridized carbons (Fsp3) is 0.474. The van der Waals surface area contributed by atoms with Crippen molar-refractivity contribution in [1.29, 1.82) is 0 Å². The Hall–Kier alpha value is -2.10. The summed E-state index contributed by atoms with van der Waals surface area (Å²) >= 11 is 0. The van der Waals surface area contributed by atoms with E-state index < -0.39 is 0 Å². The molecule has 2 atom stereocenters. The number of aromatic nitrogens is 2. The van der Waals surface area contributed by atoms with Crippen LogP contribution in [0.4, 0.5) is 11.8 Å². The molecule has 1 aromatic heterocycles. The normalized spacial score (nSPS) is 25.3. The average Bonchev–Trinajstić information content (AvgIpc) is 3.39. The van der Waals surface area contributed by atoms with Crippen LogP contribution in [0.5, 0.6) is 0 Å². The summed E-state index contributed by atoms with van der Waals surface area (Å²) in [5, 5.41) is 3.45. The molecule has 0 spiro atoms. The van der Waals surface area contributed by atoms with Crippen LogP contribution in [-0.4, -0.2) is 22.6 Å². The van der Waals surface area contributed by atoms with Crippen LogP contribution >= 0.6 is 0 Å². The Balaban J connectivity index is 1.52. The molecule has 0 unspecified atom stereocenters. The Morgan fingerprint density at radius 2 is 1.87 bits per heavy atom. The van der Waals surface area contributed by atoms with Crippen molar-refractivity contribution in [1.82, 2.24) is 9.97 Å². The molecule has 118 valence electrons. The van der Waals surface area contributed by atoms with E-state index in [4.69, 9.17) is 4.98 Å². The van der Waals surface area contributed by atoms with Gasteiger partial charge in [0, 0.05) is 30.3 Å². The lowest BCUT2D eigenvalue weighted by molar-refractivity contribution is 0.387. The van der Waals surface area contributed by atoms with Crippen LogP contribution in [-0.2, 0) is 0 Å². The molecule has 1 saturated heterocycles. The fourth-order valence-corrected chi connectivity index (χ4v) is 4.16. The van der Waals surface area contributed by atoms with Crippen LogP contribution < -0.4 is 10.2 Å². The Morgan fingerprint density at radius 3 is 2.70 bits per heavy atom. The molecule has 0 radical (unpaired) electrons. The molecule has 6 rings (SSSR count). The van der Waals surface area contributed by atoms with Crippen molar-refractivity contribution >= 4 is 11.8 Å². The zero-order chi connectivity index (χ0) is 15.4. The highest BCUT2D eigenvalue weighted by Gasteiger charge is 2.38. The molecular formula is C19H22N4. The third-order valence-electron chi connectivity index (χ3n) is 5.42. The Bertz CT molecular complexity index is 753. The van der Waals surface area contributed by atoms with Crippen LogP contribution in [0.15, 0.2) is 30.3 Å². The molecule has 4 heteroatoms. The Morgan fingerprint density at radius 1 is 1.04 bits per heavy atom. The number of rotatable bonds is 3. The van der Waals surface area contributed by atoms with Crippen LogP contribution in [0.1, 0.15) is 54.5 Å². The summed E-state index contributed by atoms with van der Waals surface area (Å²) in [5.74, 6) is 2.54. The summed E-state index contributed by atoms with van der Waals surface area (Å²) in [4.78, 5) is 11.9. The summed E-state index contributed by atoms with van der Waals surface area (Å²) in [7, 11) is 0. The van der Waals surface area contributed by atoms with Crippen molar-refractivity contribution in [2.24, 2.45) is 0 Å². The van der Waals surface area contributed by atoms with Crippen molar-refractivity contribution in [2.45, 2.75) is 50.6 Å². The Kier molecular flexibility index (Phi) is 2.87. The maximum absolute atomic E-state index is 4.83. The minimum absolute atomic E-state index is 0.472. The first-order valence-corrected chi connectivity index (χ1v) is 8.75. The molecular weight excluding hydrogens is 284 g/mol. The van der Waals surface area contributed by atoms with E-state index in [1.54, 1.807) is 5.56 Å². The number of anilines is 2. The number of hydrogen-bond donors (Lipinski definition) is 1. The third kappa shape index (κ3) is 2.28. The van der Waals surface area contributed by atoms with Gasteiger partial charge < -0.3 is 10.2 Å². The second kappa shape index (κ2) is 4.95. The van der Waals surface area contributed by atoms with Gasteiger partial charge in [-0.2, -0.15) is 4.98 Å². The monoisotopic (exact) mass is 306 g/mol. The number of nitrogens with zero attached hydrogens (tertiary/aromatic N) is 3. The first kappa shape index (κ1) is 13.3. The standard InChI is InChI=1S/C19H22N4/c1-12-10-18(22-19(20-12)21-14-7-8-14)23-11-13-6-9-17(23)16-5-3-2-4-15(13)16/h2-5,10,13-14,17H,6-9,11H2,1H3,(H,20,21,22)/t13-,17+/m1/s1. The molecule has 0 amide bonds. The quantitative estimate of drug-likeness (QED) is 0.936. The van der Waals surface area contributed by atoms with E-state index in [2.05, 4.69) is 52.5 Å². The van der Waals surface area contributed by atoms with Gasteiger partial charge in [-0.1, -0.05) is 24.3 Å². The lowest BCUT2D eigenvalue weighted by Crippen LogP contribution is -2.43. The predicted molar refractivity (Wildman–Crippen MR) is 91.9 cm³/mol. The SMILES string of the molecule is Cc1cc(N2C[C@H]3CC[C@H]2c2ccccc23)nc(NC2CC2)n1. The summed E-state index contributed by atoms with van der Waals surface area (Å²) < 4.78 is 0. The molecule has 4 aliphatic rings. The number of piperidine rings is 1. The van der Waals surface area contributed by atoms with Crippen molar-refractivity contribution in [2.75, 3.05) is 16.8 Å². The van der Waals surface area contributed by atoms with Crippen molar-refractivity contribution in [3.8, 4) is 0 Å². The highest BCUT2D eigenvalue weighted by atomic mass is 15.3. The van der Waals surface area contributed by atoms with Crippen LogP contribution in [0.3, 0.4) is 0 Å². The lowest BCUT2D eigenvalue weighted by Gasteiger charge is -2.47.